The molecule has 0 aliphatic carbocycles. The monoisotopic (exact) mass is 268 g/mol. The summed E-state index contributed by atoms with van der Waals surface area (Å²) in [6.45, 7) is 2.98. The lowest BCUT2D eigenvalue weighted by Crippen LogP contribution is -2.34. The van der Waals surface area contributed by atoms with E-state index in [1.807, 2.05) is 0 Å². The zero-order valence-corrected chi connectivity index (χ0v) is 10.4. The molecule has 0 saturated carbocycles. The van der Waals surface area contributed by atoms with Gasteiger partial charge in [-0.2, -0.15) is 0 Å². The Balaban J connectivity index is 2.05. The summed E-state index contributed by atoms with van der Waals surface area (Å²) in [5.74, 6) is 0. The Kier molecular flexibility index (Phi) is 3.78. The largest absolute Gasteiger partial charge is 0.329 e. The van der Waals surface area contributed by atoms with Crippen molar-refractivity contribution in [1.29, 1.82) is 0 Å². The molecular weight excluding hydrogens is 252 g/mol. The van der Waals surface area contributed by atoms with Crippen molar-refractivity contribution in [2.45, 2.75) is 25.4 Å². The summed E-state index contributed by atoms with van der Waals surface area (Å²) in [6.07, 6.45) is 2.53. The summed E-state index contributed by atoms with van der Waals surface area (Å²) < 4.78 is 1.20. The van der Waals surface area contributed by atoms with Gasteiger partial charge >= 0.3 is 0 Å². The standard InChI is InChI=1S/C12H17BrN2/c13-12-6-2-1-4-10(12)9-15-7-3-5-11(15)8-14/h1-2,4,6,11H,3,5,7-9,14H2. The summed E-state index contributed by atoms with van der Waals surface area (Å²) in [5, 5.41) is 0. The zero-order valence-electron chi connectivity index (χ0n) is 8.82. The molecule has 15 heavy (non-hydrogen) atoms. The molecule has 2 N–H and O–H groups in total. The molecule has 1 fully saturated rings. The molecule has 0 amide bonds. The minimum atomic E-state index is 0.581. The van der Waals surface area contributed by atoms with Crippen LogP contribution in [0, 0.1) is 0 Å². The van der Waals surface area contributed by atoms with E-state index in [4.69, 9.17) is 5.73 Å². The minimum absolute atomic E-state index is 0.581. The van der Waals surface area contributed by atoms with Crippen molar-refractivity contribution in [3.63, 3.8) is 0 Å². The number of hydrogen-bond donors (Lipinski definition) is 1. The molecule has 0 radical (unpaired) electrons. The van der Waals surface area contributed by atoms with E-state index >= 15 is 0 Å². The quantitative estimate of drug-likeness (QED) is 0.912. The number of hydrogen-bond acceptors (Lipinski definition) is 2. The average molecular weight is 269 g/mol. The summed E-state index contributed by atoms with van der Waals surface area (Å²) in [4.78, 5) is 2.49. The molecule has 2 rings (SSSR count). The molecule has 1 aromatic carbocycles. The Labute approximate surface area is 99.6 Å². The fraction of sp³-hybridized carbons (Fsp3) is 0.500. The fourth-order valence-electron chi connectivity index (χ4n) is 2.22. The number of halogens is 1. The Bertz CT molecular complexity index is 327. The highest BCUT2D eigenvalue weighted by Gasteiger charge is 2.23. The van der Waals surface area contributed by atoms with Crippen LogP contribution in [0.2, 0.25) is 0 Å². The third kappa shape index (κ3) is 2.60. The second-order valence-electron chi connectivity index (χ2n) is 4.09. The average Bonchev–Trinajstić information content (AvgIpc) is 2.69. The van der Waals surface area contributed by atoms with Crippen LogP contribution in [0.25, 0.3) is 0 Å². The number of benzene rings is 1. The Morgan fingerprint density at radius 2 is 2.20 bits per heavy atom. The number of nitrogens with two attached hydrogens (primary N) is 1. The van der Waals surface area contributed by atoms with E-state index < -0.39 is 0 Å². The van der Waals surface area contributed by atoms with Crippen molar-refractivity contribution in [2.24, 2.45) is 5.73 Å². The van der Waals surface area contributed by atoms with Gasteiger partial charge in [0.15, 0.2) is 0 Å². The highest BCUT2D eigenvalue weighted by molar-refractivity contribution is 9.10. The summed E-state index contributed by atoms with van der Waals surface area (Å²) in [5.41, 5.74) is 7.12. The molecule has 0 aromatic heterocycles. The topological polar surface area (TPSA) is 29.3 Å². The van der Waals surface area contributed by atoms with Gasteiger partial charge in [-0.3, -0.25) is 4.90 Å². The lowest BCUT2D eigenvalue weighted by atomic mass is 10.2. The van der Waals surface area contributed by atoms with Crippen LogP contribution < -0.4 is 5.73 Å². The highest BCUT2D eigenvalue weighted by atomic mass is 79.9. The Morgan fingerprint density at radius 1 is 1.40 bits per heavy atom. The van der Waals surface area contributed by atoms with Gasteiger partial charge in [0, 0.05) is 23.6 Å². The van der Waals surface area contributed by atoms with Crippen LogP contribution in [0.4, 0.5) is 0 Å². The first kappa shape index (κ1) is 11.1. The van der Waals surface area contributed by atoms with Crippen molar-refractivity contribution < 1.29 is 0 Å². The molecule has 1 aromatic rings. The molecule has 0 spiro atoms. The summed E-state index contributed by atoms with van der Waals surface area (Å²) in [7, 11) is 0. The van der Waals surface area contributed by atoms with Gasteiger partial charge in [-0.15, -0.1) is 0 Å². The SMILES string of the molecule is NCC1CCCN1Cc1ccccc1Br. The van der Waals surface area contributed by atoms with Crippen molar-refractivity contribution in [1.82, 2.24) is 4.90 Å². The maximum absolute atomic E-state index is 5.76. The molecular formula is C12H17BrN2. The normalized spacial score (nSPS) is 22.1. The Morgan fingerprint density at radius 3 is 2.93 bits per heavy atom. The molecule has 1 atom stereocenters. The van der Waals surface area contributed by atoms with Crippen molar-refractivity contribution in [2.75, 3.05) is 13.1 Å². The van der Waals surface area contributed by atoms with Crippen LogP contribution in [0.1, 0.15) is 18.4 Å². The molecule has 82 valence electrons. The Hall–Kier alpha value is -0.380. The number of likely N-dealkylation sites (tertiary alicyclic amines) is 1. The van der Waals surface area contributed by atoms with Gasteiger partial charge in [-0.05, 0) is 31.0 Å². The van der Waals surface area contributed by atoms with E-state index in [1.54, 1.807) is 0 Å². The lowest BCUT2D eigenvalue weighted by Gasteiger charge is -2.23. The van der Waals surface area contributed by atoms with E-state index in [2.05, 4.69) is 45.1 Å². The van der Waals surface area contributed by atoms with Crippen LogP contribution in [0.5, 0.6) is 0 Å². The first-order valence-electron chi connectivity index (χ1n) is 5.49. The van der Waals surface area contributed by atoms with Gasteiger partial charge in [0.2, 0.25) is 0 Å². The van der Waals surface area contributed by atoms with E-state index in [0.29, 0.717) is 6.04 Å². The zero-order chi connectivity index (χ0) is 10.7. The predicted molar refractivity (Wildman–Crippen MR) is 66.6 cm³/mol. The van der Waals surface area contributed by atoms with Crippen LogP contribution in [-0.2, 0) is 6.54 Å². The maximum Gasteiger partial charge on any atom is 0.0248 e. The predicted octanol–water partition coefficient (Wildman–Crippen LogP) is 2.37. The second kappa shape index (κ2) is 5.10. The van der Waals surface area contributed by atoms with Gasteiger partial charge in [0.05, 0.1) is 0 Å². The number of nitrogens with zero attached hydrogens (tertiary/aromatic N) is 1. The summed E-state index contributed by atoms with van der Waals surface area (Å²) in [6, 6.07) is 9.00. The fourth-order valence-corrected chi connectivity index (χ4v) is 2.63. The first-order valence-corrected chi connectivity index (χ1v) is 6.28. The molecule has 1 unspecified atom stereocenters. The van der Waals surface area contributed by atoms with E-state index in [-0.39, 0.29) is 0 Å². The third-order valence-electron chi connectivity index (χ3n) is 3.10. The molecule has 1 heterocycles. The van der Waals surface area contributed by atoms with Crippen LogP contribution >= 0.6 is 15.9 Å². The second-order valence-corrected chi connectivity index (χ2v) is 4.95. The summed E-state index contributed by atoms with van der Waals surface area (Å²) >= 11 is 3.59. The molecule has 2 nitrogen and oxygen atoms in total. The van der Waals surface area contributed by atoms with Crippen LogP contribution in [0.3, 0.4) is 0 Å². The van der Waals surface area contributed by atoms with Gasteiger partial charge < -0.3 is 5.73 Å². The van der Waals surface area contributed by atoms with E-state index in [1.165, 1.54) is 29.4 Å². The van der Waals surface area contributed by atoms with Gasteiger partial charge in [0.25, 0.3) is 0 Å². The molecule has 1 aliphatic heterocycles. The molecule has 3 heteroatoms. The van der Waals surface area contributed by atoms with Gasteiger partial charge in [0.1, 0.15) is 0 Å². The van der Waals surface area contributed by atoms with Crippen molar-refractivity contribution in [3.8, 4) is 0 Å². The smallest absolute Gasteiger partial charge is 0.0248 e. The minimum Gasteiger partial charge on any atom is -0.329 e. The van der Waals surface area contributed by atoms with E-state index in [0.717, 1.165) is 13.1 Å². The number of rotatable bonds is 3. The first-order chi connectivity index (χ1) is 7.31. The molecule has 0 bridgehead atoms. The van der Waals surface area contributed by atoms with Crippen LogP contribution in [0.15, 0.2) is 28.7 Å². The molecule has 1 saturated heterocycles. The molecule has 1 aliphatic rings. The van der Waals surface area contributed by atoms with Gasteiger partial charge in [-0.1, -0.05) is 34.1 Å². The highest BCUT2D eigenvalue weighted by Crippen LogP contribution is 2.23. The van der Waals surface area contributed by atoms with Crippen molar-refractivity contribution >= 4 is 15.9 Å². The van der Waals surface area contributed by atoms with Gasteiger partial charge in [-0.25, -0.2) is 0 Å². The maximum atomic E-state index is 5.76. The third-order valence-corrected chi connectivity index (χ3v) is 3.88. The van der Waals surface area contributed by atoms with Crippen LogP contribution in [-0.4, -0.2) is 24.0 Å². The van der Waals surface area contributed by atoms with Crippen molar-refractivity contribution in [3.05, 3.63) is 34.3 Å². The lowest BCUT2D eigenvalue weighted by molar-refractivity contribution is 0.250. The van der Waals surface area contributed by atoms with E-state index in [9.17, 15) is 0 Å².